The van der Waals surface area contributed by atoms with Crippen molar-refractivity contribution in [3.63, 3.8) is 0 Å². The van der Waals surface area contributed by atoms with Gasteiger partial charge in [0.05, 0.1) is 0 Å². The van der Waals surface area contributed by atoms with Crippen LogP contribution >= 0.6 is 0 Å². The van der Waals surface area contributed by atoms with Gasteiger partial charge in [0.25, 0.3) is 0 Å². The number of hydrogen-bond donors (Lipinski definition) is 1. The highest BCUT2D eigenvalue weighted by atomic mass is 16.6. The highest BCUT2D eigenvalue weighted by molar-refractivity contribution is 5.68. The highest BCUT2D eigenvalue weighted by Gasteiger charge is 2.38. The minimum Gasteiger partial charge on any atom is -0.444 e. The summed E-state index contributed by atoms with van der Waals surface area (Å²) in [5.41, 5.74) is 0.0609. The molecule has 128 valence electrons. The van der Waals surface area contributed by atoms with Crippen LogP contribution in [0.1, 0.15) is 67.2 Å². The molecule has 1 heterocycles. The van der Waals surface area contributed by atoms with E-state index in [9.17, 15) is 4.79 Å². The quantitative estimate of drug-likeness (QED) is 0.843. The van der Waals surface area contributed by atoms with Crippen molar-refractivity contribution < 1.29 is 9.53 Å². The van der Waals surface area contributed by atoms with Gasteiger partial charge in [-0.2, -0.15) is 0 Å². The van der Waals surface area contributed by atoms with E-state index in [1.54, 1.807) is 0 Å². The SMILES string of the molecule is CC1CC(C)(C)CC1NC1CCN(C(=O)OC(C)(C)C)CC1. The van der Waals surface area contributed by atoms with Crippen LogP contribution < -0.4 is 5.32 Å². The molecule has 0 aromatic rings. The molecule has 1 N–H and O–H groups in total. The van der Waals surface area contributed by atoms with E-state index in [1.165, 1.54) is 12.8 Å². The summed E-state index contributed by atoms with van der Waals surface area (Å²) in [7, 11) is 0. The van der Waals surface area contributed by atoms with E-state index in [4.69, 9.17) is 4.74 Å². The lowest BCUT2D eigenvalue weighted by molar-refractivity contribution is 0.0194. The molecular formula is C18H34N2O2. The van der Waals surface area contributed by atoms with E-state index in [0.717, 1.165) is 31.8 Å². The molecule has 1 amide bonds. The zero-order chi connectivity index (χ0) is 16.5. The summed E-state index contributed by atoms with van der Waals surface area (Å²) in [4.78, 5) is 13.9. The fourth-order valence-electron chi connectivity index (χ4n) is 3.97. The summed E-state index contributed by atoms with van der Waals surface area (Å²) in [5.74, 6) is 0.749. The van der Waals surface area contributed by atoms with Gasteiger partial charge in [-0.25, -0.2) is 4.79 Å². The number of nitrogens with one attached hydrogen (secondary N) is 1. The summed E-state index contributed by atoms with van der Waals surface area (Å²) in [6.07, 6.45) is 4.47. The maximum Gasteiger partial charge on any atom is 0.410 e. The number of rotatable bonds is 2. The Labute approximate surface area is 136 Å². The molecule has 1 aliphatic heterocycles. The fourth-order valence-corrected chi connectivity index (χ4v) is 3.97. The van der Waals surface area contributed by atoms with Crippen molar-refractivity contribution in [2.24, 2.45) is 11.3 Å². The fraction of sp³-hybridized carbons (Fsp3) is 0.944. The normalized spacial score (nSPS) is 29.6. The average molecular weight is 310 g/mol. The lowest BCUT2D eigenvalue weighted by Gasteiger charge is -2.35. The van der Waals surface area contributed by atoms with Crippen molar-refractivity contribution in [1.29, 1.82) is 0 Å². The molecule has 2 unspecified atom stereocenters. The summed E-state index contributed by atoms with van der Waals surface area (Å²) in [5, 5.41) is 3.85. The van der Waals surface area contributed by atoms with Crippen LogP contribution in [0, 0.1) is 11.3 Å². The second kappa shape index (κ2) is 6.38. The first kappa shape index (κ1) is 17.6. The van der Waals surface area contributed by atoms with Gasteiger partial charge in [-0.15, -0.1) is 0 Å². The first-order valence-corrected chi connectivity index (χ1v) is 8.80. The summed E-state index contributed by atoms with van der Waals surface area (Å²) < 4.78 is 5.46. The second-order valence-electron chi connectivity index (χ2n) is 9.06. The maximum atomic E-state index is 12.1. The van der Waals surface area contributed by atoms with Gasteiger partial charge in [0.15, 0.2) is 0 Å². The van der Waals surface area contributed by atoms with Gasteiger partial charge in [-0.1, -0.05) is 20.8 Å². The van der Waals surface area contributed by atoms with Crippen LogP contribution in [-0.2, 0) is 4.74 Å². The number of likely N-dealkylation sites (tertiary alicyclic amines) is 1. The molecule has 0 spiro atoms. The smallest absolute Gasteiger partial charge is 0.410 e. The Balaban J connectivity index is 1.77. The lowest BCUT2D eigenvalue weighted by Crippen LogP contribution is -2.49. The van der Waals surface area contributed by atoms with Crippen molar-refractivity contribution in [3.05, 3.63) is 0 Å². The van der Waals surface area contributed by atoms with E-state index in [1.807, 2.05) is 25.7 Å². The number of piperidine rings is 1. The standard InChI is InChI=1S/C18H34N2O2/c1-13-11-18(5,6)12-15(13)19-14-7-9-20(10-8-14)16(21)22-17(2,3)4/h13-15,19H,7-12H2,1-6H3. The molecule has 2 aliphatic rings. The third kappa shape index (κ3) is 4.87. The van der Waals surface area contributed by atoms with E-state index < -0.39 is 5.60 Å². The minimum absolute atomic E-state index is 0.165. The molecule has 4 nitrogen and oxygen atoms in total. The number of nitrogens with zero attached hydrogens (tertiary/aromatic N) is 1. The Morgan fingerprint density at radius 2 is 1.77 bits per heavy atom. The number of carbonyl (C=O) groups is 1. The Morgan fingerprint density at radius 1 is 1.18 bits per heavy atom. The summed E-state index contributed by atoms with van der Waals surface area (Å²) in [6, 6.07) is 1.17. The van der Waals surface area contributed by atoms with Gasteiger partial charge < -0.3 is 15.0 Å². The van der Waals surface area contributed by atoms with Crippen molar-refractivity contribution in [2.75, 3.05) is 13.1 Å². The second-order valence-corrected chi connectivity index (χ2v) is 9.06. The first-order chi connectivity index (χ1) is 10.1. The Kier molecular flexibility index (Phi) is 5.10. The molecule has 2 rings (SSSR count). The molecule has 1 saturated carbocycles. The average Bonchev–Trinajstić information content (AvgIpc) is 2.61. The third-order valence-electron chi connectivity index (χ3n) is 4.93. The van der Waals surface area contributed by atoms with Gasteiger partial charge >= 0.3 is 6.09 Å². The van der Waals surface area contributed by atoms with Crippen LogP contribution in [0.15, 0.2) is 0 Å². The highest BCUT2D eigenvalue weighted by Crippen LogP contribution is 2.41. The van der Waals surface area contributed by atoms with E-state index in [0.29, 0.717) is 17.5 Å². The van der Waals surface area contributed by atoms with Crippen LogP contribution in [0.2, 0.25) is 0 Å². The molecule has 1 saturated heterocycles. The Morgan fingerprint density at radius 3 is 2.23 bits per heavy atom. The minimum atomic E-state index is -0.406. The maximum absolute atomic E-state index is 12.1. The van der Waals surface area contributed by atoms with Gasteiger partial charge in [0.2, 0.25) is 0 Å². The van der Waals surface area contributed by atoms with Crippen LogP contribution in [0.3, 0.4) is 0 Å². The van der Waals surface area contributed by atoms with Crippen molar-refractivity contribution >= 4 is 6.09 Å². The van der Waals surface area contributed by atoms with Crippen LogP contribution in [-0.4, -0.2) is 41.8 Å². The molecule has 0 aromatic carbocycles. The molecule has 0 aromatic heterocycles. The van der Waals surface area contributed by atoms with E-state index in [2.05, 4.69) is 26.1 Å². The van der Waals surface area contributed by atoms with Crippen molar-refractivity contribution in [1.82, 2.24) is 10.2 Å². The monoisotopic (exact) mass is 310 g/mol. The first-order valence-electron chi connectivity index (χ1n) is 8.80. The van der Waals surface area contributed by atoms with Gasteiger partial charge in [0, 0.05) is 25.2 Å². The number of hydrogen-bond acceptors (Lipinski definition) is 3. The molecule has 2 fully saturated rings. The predicted octanol–water partition coefficient (Wildman–Crippen LogP) is 3.80. The van der Waals surface area contributed by atoms with Crippen LogP contribution in [0.4, 0.5) is 4.79 Å². The topological polar surface area (TPSA) is 41.6 Å². The predicted molar refractivity (Wildman–Crippen MR) is 89.9 cm³/mol. The van der Waals surface area contributed by atoms with E-state index >= 15 is 0 Å². The van der Waals surface area contributed by atoms with Gasteiger partial charge in [0.1, 0.15) is 5.60 Å². The molecule has 1 aliphatic carbocycles. The van der Waals surface area contributed by atoms with Gasteiger partial charge in [-0.3, -0.25) is 0 Å². The molecule has 0 bridgehead atoms. The molecule has 22 heavy (non-hydrogen) atoms. The molecule has 2 atom stereocenters. The largest absolute Gasteiger partial charge is 0.444 e. The third-order valence-corrected chi connectivity index (χ3v) is 4.93. The van der Waals surface area contributed by atoms with Crippen molar-refractivity contribution in [3.8, 4) is 0 Å². The summed E-state index contributed by atoms with van der Waals surface area (Å²) >= 11 is 0. The number of ether oxygens (including phenoxy) is 1. The van der Waals surface area contributed by atoms with Gasteiger partial charge in [-0.05, 0) is 57.8 Å². The molecule has 4 heteroatoms. The van der Waals surface area contributed by atoms with Crippen LogP contribution in [0.5, 0.6) is 0 Å². The summed E-state index contributed by atoms with van der Waals surface area (Å²) in [6.45, 7) is 14.5. The number of amides is 1. The van der Waals surface area contributed by atoms with Crippen molar-refractivity contribution in [2.45, 2.75) is 84.9 Å². The van der Waals surface area contributed by atoms with E-state index in [-0.39, 0.29) is 6.09 Å². The lowest BCUT2D eigenvalue weighted by atomic mass is 9.91. The Bertz CT molecular complexity index is 392. The zero-order valence-electron chi connectivity index (χ0n) is 15.2. The zero-order valence-corrected chi connectivity index (χ0v) is 15.2. The molecule has 0 radical (unpaired) electrons. The Hall–Kier alpha value is -0.770. The molecular weight excluding hydrogens is 276 g/mol. The number of carbonyl (C=O) groups excluding carboxylic acids is 1. The van der Waals surface area contributed by atoms with Crippen LogP contribution in [0.25, 0.3) is 0 Å².